The zero-order chi connectivity index (χ0) is 20.8. The van der Waals surface area contributed by atoms with E-state index in [2.05, 4.69) is 46.7 Å². The highest BCUT2D eigenvalue weighted by molar-refractivity contribution is 6.04. The molecule has 0 radical (unpaired) electrons. The van der Waals surface area contributed by atoms with Crippen LogP contribution in [-0.4, -0.2) is 35.8 Å². The molecule has 1 aliphatic heterocycles. The molecule has 0 saturated carbocycles. The minimum Gasteiger partial charge on any atom is -0.350 e. The van der Waals surface area contributed by atoms with Crippen molar-refractivity contribution < 1.29 is 9.59 Å². The van der Waals surface area contributed by atoms with Crippen LogP contribution in [0, 0.1) is 12.8 Å². The molecule has 0 spiro atoms. The van der Waals surface area contributed by atoms with Gasteiger partial charge >= 0.3 is 0 Å². The molecule has 2 N–H and O–H groups in total. The van der Waals surface area contributed by atoms with Crippen molar-refractivity contribution in [2.75, 3.05) is 18.4 Å². The highest BCUT2D eigenvalue weighted by atomic mass is 16.2. The SMILES string of the molecule is Cc1cccc(CN2CCC(C(=O)Nc3ccccc3C(=O)NC(C)C)CC2)c1. The first-order valence-electron chi connectivity index (χ1n) is 10.4. The Hall–Kier alpha value is -2.66. The van der Waals surface area contributed by atoms with Crippen molar-refractivity contribution in [2.45, 2.75) is 46.2 Å². The lowest BCUT2D eigenvalue weighted by Crippen LogP contribution is -2.38. The van der Waals surface area contributed by atoms with E-state index in [-0.39, 0.29) is 23.8 Å². The summed E-state index contributed by atoms with van der Waals surface area (Å²) in [5.41, 5.74) is 3.68. The summed E-state index contributed by atoms with van der Waals surface area (Å²) in [6.45, 7) is 8.68. The van der Waals surface area contributed by atoms with Gasteiger partial charge in [0, 0.05) is 18.5 Å². The van der Waals surface area contributed by atoms with Gasteiger partial charge in [-0.3, -0.25) is 14.5 Å². The molecule has 0 aliphatic carbocycles. The van der Waals surface area contributed by atoms with Crippen molar-refractivity contribution in [3.8, 4) is 0 Å². The lowest BCUT2D eigenvalue weighted by Gasteiger charge is -2.31. The summed E-state index contributed by atoms with van der Waals surface area (Å²) in [6.07, 6.45) is 1.66. The summed E-state index contributed by atoms with van der Waals surface area (Å²) < 4.78 is 0. The molecule has 5 heteroatoms. The number of aryl methyl sites for hydroxylation is 1. The van der Waals surface area contributed by atoms with E-state index in [1.54, 1.807) is 12.1 Å². The van der Waals surface area contributed by atoms with E-state index >= 15 is 0 Å². The van der Waals surface area contributed by atoms with Gasteiger partial charge in [-0.05, 0) is 64.4 Å². The van der Waals surface area contributed by atoms with Crippen LogP contribution in [0.5, 0.6) is 0 Å². The number of benzene rings is 2. The monoisotopic (exact) mass is 393 g/mol. The lowest BCUT2D eigenvalue weighted by molar-refractivity contribution is -0.121. The zero-order valence-electron chi connectivity index (χ0n) is 17.6. The highest BCUT2D eigenvalue weighted by Crippen LogP contribution is 2.23. The molecule has 0 bridgehead atoms. The largest absolute Gasteiger partial charge is 0.350 e. The Kier molecular flexibility index (Phi) is 7.04. The normalized spacial score (nSPS) is 15.3. The van der Waals surface area contributed by atoms with E-state index in [0.29, 0.717) is 11.3 Å². The fourth-order valence-corrected chi connectivity index (χ4v) is 3.79. The molecule has 0 unspecified atom stereocenters. The Labute approximate surface area is 173 Å². The van der Waals surface area contributed by atoms with E-state index in [9.17, 15) is 9.59 Å². The molecule has 2 aromatic rings. The average Bonchev–Trinajstić information content (AvgIpc) is 2.68. The van der Waals surface area contributed by atoms with Crippen molar-refractivity contribution in [3.05, 3.63) is 65.2 Å². The van der Waals surface area contributed by atoms with Crippen molar-refractivity contribution in [1.29, 1.82) is 0 Å². The summed E-state index contributed by atoms with van der Waals surface area (Å²) in [5.74, 6) is -0.182. The van der Waals surface area contributed by atoms with Crippen LogP contribution in [0.4, 0.5) is 5.69 Å². The molecule has 1 heterocycles. The summed E-state index contributed by atoms with van der Waals surface area (Å²) in [5, 5.41) is 5.88. The van der Waals surface area contributed by atoms with Gasteiger partial charge in [-0.25, -0.2) is 0 Å². The molecule has 1 fully saturated rings. The van der Waals surface area contributed by atoms with Gasteiger partial charge in [0.05, 0.1) is 11.3 Å². The van der Waals surface area contributed by atoms with Crippen molar-refractivity contribution >= 4 is 17.5 Å². The second-order valence-corrected chi connectivity index (χ2v) is 8.20. The van der Waals surface area contributed by atoms with Gasteiger partial charge in [0.25, 0.3) is 5.91 Å². The number of rotatable bonds is 6. The first-order chi connectivity index (χ1) is 13.9. The molecule has 5 nitrogen and oxygen atoms in total. The van der Waals surface area contributed by atoms with E-state index < -0.39 is 0 Å². The van der Waals surface area contributed by atoms with Crippen LogP contribution in [-0.2, 0) is 11.3 Å². The van der Waals surface area contributed by atoms with E-state index in [4.69, 9.17) is 0 Å². The molecule has 0 atom stereocenters. The standard InChI is InChI=1S/C24H31N3O2/c1-17(2)25-24(29)21-9-4-5-10-22(21)26-23(28)20-11-13-27(14-12-20)16-19-8-6-7-18(3)15-19/h4-10,15,17,20H,11-14,16H2,1-3H3,(H,25,29)(H,26,28). The second-order valence-electron chi connectivity index (χ2n) is 8.20. The van der Waals surface area contributed by atoms with E-state index in [1.165, 1.54) is 11.1 Å². The van der Waals surface area contributed by atoms with Gasteiger partial charge in [-0.1, -0.05) is 42.0 Å². The Bertz CT molecular complexity index is 855. The number of anilines is 1. The second kappa shape index (κ2) is 9.70. The van der Waals surface area contributed by atoms with Gasteiger partial charge < -0.3 is 10.6 Å². The third-order valence-electron chi connectivity index (χ3n) is 5.30. The van der Waals surface area contributed by atoms with Gasteiger partial charge in [0.15, 0.2) is 0 Å². The Balaban J connectivity index is 1.56. The Morgan fingerprint density at radius 2 is 1.79 bits per heavy atom. The fraction of sp³-hybridized carbons (Fsp3) is 0.417. The van der Waals surface area contributed by atoms with Crippen molar-refractivity contribution in [1.82, 2.24) is 10.2 Å². The van der Waals surface area contributed by atoms with Crippen molar-refractivity contribution in [2.24, 2.45) is 5.92 Å². The van der Waals surface area contributed by atoms with Gasteiger partial charge in [-0.15, -0.1) is 0 Å². The van der Waals surface area contributed by atoms with Crippen LogP contribution < -0.4 is 10.6 Å². The predicted octanol–water partition coefficient (Wildman–Crippen LogP) is 3.98. The molecule has 1 aliphatic rings. The van der Waals surface area contributed by atoms with Crippen molar-refractivity contribution in [3.63, 3.8) is 0 Å². The van der Waals surface area contributed by atoms with Crippen LogP contribution >= 0.6 is 0 Å². The maximum atomic E-state index is 12.8. The molecule has 2 amide bonds. The minimum atomic E-state index is -0.163. The molecule has 154 valence electrons. The number of para-hydroxylation sites is 1. The van der Waals surface area contributed by atoms with Gasteiger partial charge in [0.1, 0.15) is 0 Å². The first-order valence-corrected chi connectivity index (χ1v) is 10.4. The van der Waals surface area contributed by atoms with Crippen LogP contribution in [0.1, 0.15) is 48.2 Å². The Morgan fingerprint density at radius 3 is 2.48 bits per heavy atom. The number of nitrogens with zero attached hydrogens (tertiary/aromatic N) is 1. The number of likely N-dealkylation sites (tertiary alicyclic amines) is 1. The highest BCUT2D eigenvalue weighted by Gasteiger charge is 2.26. The number of carbonyl (C=O) groups excluding carboxylic acids is 2. The fourth-order valence-electron chi connectivity index (χ4n) is 3.79. The topological polar surface area (TPSA) is 61.4 Å². The lowest BCUT2D eigenvalue weighted by atomic mass is 9.95. The van der Waals surface area contributed by atoms with Gasteiger partial charge in [-0.2, -0.15) is 0 Å². The summed E-state index contributed by atoms with van der Waals surface area (Å²) in [7, 11) is 0. The number of carbonyl (C=O) groups is 2. The van der Waals surface area contributed by atoms with E-state index in [1.807, 2.05) is 26.0 Å². The Morgan fingerprint density at radius 1 is 1.07 bits per heavy atom. The summed E-state index contributed by atoms with van der Waals surface area (Å²) in [4.78, 5) is 27.6. The first kappa shape index (κ1) is 21.1. The van der Waals surface area contributed by atoms with Crippen LogP contribution in [0.25, 0.3) is 0 Å². The number of piperidine rings is 1. The third-order valence-corrected chi connectivity index (χ3v) is 5.30. The zero-order valence-corrected chi connectivity index (χ0v) is 17.6. The molecular weight excluding hydrogens is 362 g/mol. The molecule has 1 saturated heterocycles. The molecular formula is C24H31N3O2. The molecule has 2 aromatic carbocycles. The summed E-state index contributed by atoms with van der Waals surface area (Å²) >= 11 is 0. The number of hydrogen-bond acceptors (Lipinski definition) is 3. The molecule has 0 aromatic heterocycles. The van der Waals surface area contributed by atoms with Crippen LogP contribution in [0.3, 0.4) is 0 Å². The molecule has 29 heavy (non-hydrogen) atoms. The smallest absolute Gasteiger partial charge is 0.253 e. The van der Waals surface area contributed by atoms with E-state index in [0.717, 1.165) is 32.5 Å². The predicted molar refractivity (Wildman–Crippen MR) is 117 cm³/mol. The number of amides is 2. The van der Waals surface area contributed by atoms with Gasteiger partial charge in [0.2, 0.25) is 5.91 Å². The van der Waals surface area contributed by atoms with Crippen LogP contribution in [0.15, 0.2) is 48.5 Å². The summed E-state index contributed by atoms with van der Waals surface area (Å²) in [6, 6.07) is 15.8. The number of hydrogen-bond donors (Lipinski definition) is 2. The maximum absolute atomic E-state index is 12.8. The average molecular weight is 394 g/mol. The quantitative estimate of drug-likeness (QED) is 0.780. The third kappa shape index (κ3) is 5.91. The maximum Gasteiger partial charge on any atom is 0.253 e. The minimum absolute atomic E-state index is 0.00463. The molecule has 3 rings (SSSR count). The van der Waals surface area contributed by atoms with Crippen LogP contribution in [0.2, 0.25) is 0 Å². The number of nitrogens with one attached hydrogen (secondary N) is 2.